The molecule has 0 saturated heterocycles. The second-order valence-corrected chi connectivity index (χ2v) is 4.37. The summed E-state index contributed by atoms with van der Waals surface area (Å²) in [7, 11) is 1.49. The van der Waals surface area contributed by atoms with Crippen molar-refractivity contribution in [3.63, 3.8) is 0 Å². The fraction of sp³-hybridized carbons (Fsp3) is 0.385. The van der Waals surface area contributed by atoms with Gasteiger partial charge >= 0.3 is 23.0 Å². The largest absolute Gasteiger partial charge is 0.481 e. The van der Waals surface area contributed by atoms with E-state index in [1.54, 1.807) is 27.1 Å². The maximum Gasteiger partial charge on any atom is 0.330 e. The number of rotatable bonds is 7. The van der Waals surface area contributed by atoms with Crippen molar-refractivity contribution in [2.24, 2.45) is 5.41 Å². The van der Waals surface area contributed by atoms with Crippen LogP contribution in [0.1, 0.15) is 12.8 Å². The number of aliphatic carboxylic acids is 1. The number of allylic oxidation sites excluding steroid dienone is 2. The molecule has 22 heavy (non-hydrogen) atoms. The zero-order valence-electron chi connectivity index (χ0n) is 12.2. The van der Waals surface area contributed by atoms with Gasteiger partial charge in [0.05, 0.1) is 12.0 Å². The number of H-pyrrole nitrogens is 3. The van der Waals surface area contributed by atoms with Gasteiger partial charge in [0.15, 0.2) is 0 Å². The molecular weight excluding hydrogens is 294 g/mol. The predicted molar refractivity (Wildman–Crippen MR) is 79.9 cm³/mol. The fourth-order valence-electron chi connectivity index (χ4n) is 1.67. The zero-order chi connectivity index (χ0) is 17.2. The number of hydrogen-bond acceptors (Lipinski definition) is 5. The summed E-state index contributed by atoms with van der Waals surface area (Å²) in [5, 5.41) is 9.04. The average Bonchev–Trinajstić information content (AvgIpc) is 2.38. The van der Waals surface area contributed by atoms with Gasteiger partial charge in [-0.15, -0.1) is 13.2 Å². The summed E-state index contributed by atoms with van der Waals surface area (Å²) in [6.45, 7) is 7.26. The highest BCUT2D eigenvalue weighted by molar-refractivity contribution is 5.75. The van der Waals surface area contributed by atoms with Crippen LogP contribution >= 0.6 is 0 Å². The first-order valence-electron chi connectivity index (χ1n) is 6.18. The summed E-state index contributed by atoms with van der Waals surface area (Å²) in [5.74, 6) is -0.867. The summed E-state index contributed by atoms with van der Waals surface area (Å²) in [4.78, 5) is 46.9. The first-order chi connectivity index (χ1) is 10.3. The number of nitrogens with one attached hydrogen (secondary N) is 3. The lowest BCUT2D eigenvalue weighted by Gasteiger charge is -2.25. The van der Waals surface area contributed by atoms with E-state index in [-0.39, 0.29) is 6.61 Å². The van der Waals surface area contributed by atoms with E-state index >= 15 is 0 Å². The van der Waals surface area contributed by atoms with Gasteiger partial charge < -0.3 is 9.84 Å². The van der Waals surface area contributed by atoms with Gasteiger partial charge in [0.1, 0.15) is 0 Å². The molecule has 0 saturated carbocycles. The van der Waals surface area contributed by atoms with Crippen molar-refractivity contribution in [2.75, 3.05) is 13.7 Å². The smallest absolute Gasteiger partial charge is 0.330 e. The Balaban J connectivity index is 0.000000425. The molecule has 0 bridgehead atoms. The van der Waals surface area contributed by atoms with E-state index in [4.69, 9.17) is 9.84 Å². The van der Waals surface area contributed by atoms with Crippen molar-refractivity contribution in [3.8, 4) is 0 Å². The van der Waals surface area contributed by atoms with Crippen LogP contribution in [0.4, 0.5) is 0 Å². The molecule has 1 aromatic rings. The van der Waals surface area contributed by atoms with E-state index in [9.17, 15) is 19.2 Å². The molecule has 122 valence electrons. The summed E-state index contributed by atoms with van der Waals surface area (Å²) in [6.07, 6.45) is 3.97. The molecule has 0 spiro atoms. The summed E-state index contributed by atoms with van der Waals surface area (Å²) in [6, 6.07) is 0. The van der Waals surface area contributed by atoms with Gasteiger partial charge in [-0.3, -0.25) is 19.7 Å². The van der Waals surface area contributed by atoms with Crippen LogP contribution in [0.5, 0.6) is 0 Å². The Labute approximate surface area is 125 Å². The van der Waals surface area contributed by atoms with E-state index in [2.05, 4.69) is 13.2 Å². The molecule has 0 atom stereocenters. The molecule has 0 aliphatic rings. The molecule has 4 N–H and O–H groups in total. The molecule has 1 rings (SSSR count). The first-order valence-corrected chi connectivity index (χ1v) is 6.18. The topological polar surface area (TPSA) is 145 Å². The van der Waals surface area contributed by atoms with Crippen LogP contribution in [0, 0.1) is 5.41 Å². The van der Waals surface area contributed by atoms with Gasteiger partial charge in [0.25, 0.3) is 0 Å². The normalized spacial score (nSPS) is 10.2. The van der Waals surface area contributed by atoms with E-state index in [1.165, 1.54) is 7.11 Å². The van der Waals surface area contributed by atoms with Crippen LogP contribution in [0.3, 0.4) is 0 Å². The molecule has 0 aliphatic heterocycles. The molecular formula is C13H19N3O6. The molecule has 9 nitrogen and oxygen atoms in total. The summed E-state index contributed by atoms with van der Waals surface area (Å²) in [5.41, 5.74) is -3.30. The van der Waals surface area contributed by atoms with E-state index < -0.39 is 28.5 Å². The van der Waals surface area contributed by atoms with Gasteiger partial charge in [-0.25, -0.2) is 14.4 Å². The third-order valence-corrected chi connectivity index (χ3v) is 2.63. The molecule has 9 heteroatoms. The summed E-state index contributed by atoms with van der Waals surface area (Å²) >= 11 is 0. The van der Waals surface area contributed by atoms with Gasteiger partial charge in [0.2, 0.25) is 0 Å². The molecule has 0 unspecified atom stereocenters. The molecule has 0 aliphatic carbocycles. The van der Waals surface area contributed by atoms with Crippen molar-refractivity contribution in [1.29, 1.82) is 0 Å². The van der Waals surface area contributed by atoms with Crippen molar-refractivity contribution >= 4 is 5.97 Å². The van der Waals surface area contributed by atoms with Gasteiger partial charge in [0, 0.05) is 7.11 Å². The first kappa shape index (κ1) is 19.3. The van der Waals surface area contributed by atoms with Crippen molar-refractivity contribution in [2.45, 2.75) is 12.8 Å². The Morgan fingerprint density at radius 2 is 1.45 bits per heavy atom. The van der Waals surface area contributed by atoms with Gasteiger partial charge in [-0.05, 0) is 12.8 Å². The second kappa shape index (κ2) is 9.29. The number of aromatic amines is 3. The van der Waals surface area contributed by atoms with E-state index in [0.717, 1.165) is 0 Å². The average molecular weight is 313 g/mol. The molecule has 0 amide bonds. The van der Waals surface area contributed by atoms with Crippen molar-refractivity contribution in [3.05, 3.63) is 56.8 Å². The Morgan fingerprint density at radius 1 is 1.09 bits per heavy atom. The van der Waals surface area contributed by atoms with Crippen LogP contribution < -0.4 is 17.1 Å². The summed E-state index contributed by atoms with van der Waals surface area (Å²) < 4.78 is 4.90. The number of aromatic nitrogens is 3. The highest BCUT2D eigenvalue weighted by Crippen LogP contribution is 2.28. The van der Waals surface area contributed by atoms with Crippen molar-refractivity contribution in [1.82, 2.24) is 15.0 Å². The van der Waals surface area contributed by atoms with Crippen molar-refractivity contribution < 1.29 is 14.6 Å². The minimum Gasteiger partial charge on any atom is -0.481 e. The maximum absolute atomic E-state index is 11.0. The van der Waals surface area contributed by atoms with Crippen LogP contribution in [-0.2, 0) is 9.53 Å². The molecule has 1 heterocycles. The van der Waals surface area contributed by atoms with E-state index in [1.807, 2.05) is 0 Å². The van der Waals surface area contributed by atoms with Gasteiger partial charge in [-0.1, -0.05) is 12.2 Å². The lowest BCUT2D eigenvalue weighted by molar-refractivity contribution is -0.152. The highest BCUT2D eigenvalue weighted by Gasteiger charge is 2.36. The standard InChI is InChI=1S/C10H16O3.C3H3N3O3/c1-4-6-10(7-5-2,8-13-3)9(11)12;7-1-4-2(8)6-3(9)5-1/h4-5H,1-2,6-8H2,3H3,(H,11,12);(H3,4,5,6,7,8,9). The minimum absolute atomic E-state index is 0.181. The van der Waals surface area contributed by atoms with E-state index in [0.29, 0.717) is 12.8 Å². The Bertz CT molecular complexity index is 581. The predicted octanol–water partition coefficient (Wildman–Crippen LogP) is -0.392. The maximum atomic E-state index is 11.0. The highest BCUT2D eigenvalue weighted by atomic mass is 16.5. The molecule has 0 aromatic carbocycles. The van der Waals surface area contributed by atoms with Crippen LogP contribution in [0.2, 0.25) is 0 Å². The van der Waals surface area contributed by atoms with Crippen LogP contribution in [0.25, 0.3) is 0 Å². The van der Waals surface area contributed by atoms with Gasteiger partial charge in [-0.2, -0.15) is 0 Å². The van der Waals surface area contributed by atoms with Crippen LogP contribution in [0.15, 0.2) is 39.7 Å². The number of ether oxygens (including phenoxy) is 1. The SMILES string of the molecule is C=CCC(CC=C)(COC)C(=O)O.O=c1[nH]c(=O)[nH]c(=O)[nH]1. The number of carboxylic acid groups (broad SMARTS) is 1. The van der Waals surface area contributed by atoms with Crippen LogP contribution in [-0.4, -0.2) is 39.7 Å². The number of methoxy groups -OCH3 is 1. The number of hydrogen-bond donors (Lipinski definition) is 4. The molecule has 1 aromatic heterocycles. The Morgan fingerprint density at radius 3 is 1.68 bits per heavy atom. The number of carboxylic acids is 1. The number of carbonyl (C=O) groups is 1. The monoisotopic (exact) mass is 313 g/mol. The molecule has 0 fully saturated rings. The second-order valence-electron chi connectivity index (χ2n) is 4.37. The molecule has 0 radical (unpaired) electrons. The Kier molecular flexibility index (Phi) is 8.16. The Hall–Kier alpha value is -2.68. The third-order valence-electron chi connectivity index (χ3n) is 2.63. The lowest BCUT2D eigenvalue weighted by Crippen LogP contribution is -2.34. The lowest BCUT2D eigenvalue weighted by atomic mass is 9.82. The minimum atomic E-state index is -0.891. The quantitative estimate of drug-likeness (QED) is 0.504. The third kappa shape index (κ3) is 6.18. The fourth-order valence-corrected chi connectivity index (χ4v) is 1.67. The zero-order valence-corrected chi connectivity index (χ0v) is 12.2.